The molecule has 1 amide bonds. The van der Waals surface area contributed by atoms with Gasteiger partial charge < -0.3 is 14.8 Å². The SMILES string of the molecule is CC1(C)OC[C@H](CNC(=O)c2nccc3ccccc23)O1. The third-order valence-corrected chi connectivity index (χ3v) is 3.45. The number of carbonyl (C=O) groups excluding carboxylic acids is 1. The minimum atomic E-state index is -0.576. The highest BCUT2D eigenvalue weighted by molar-refractivity contribution is 6.05. The fraction of sp³-hybridized carbons (Fsp3) is 0.375. The zero-order valence-corrected chi connectivity index (χ0v) is 12.1. The molecule has 1 aliphatic heterocycles. The minimum absolute atomic E-state index is 0.126. The predicted molar refractivity (Wildman–Crippen MR) is 79.0 cm³/mol. The first-order chi connectivity index (χ1) is 10.1. The van der Waals surface area contributed by atoms with Crippen molar-refractivity contribution in [1.29, 1.82) is 0 Å². The van der Waals surface area contributed by atoms with Gasteiger partial charge in [0, 0.05) is 18.1 Å². The van der Waals surface area contributed by atoms with Gasteiger partial charge in [0.25, 0.3) is 5.91 Å². The van der Waals surface area contributed by atoms with Crippen molar-refractivity contribution in [3.05, 3.63) is 42.2 Å². The lowest BCUT2D eigenvalue weighted by atomic mass is 10.1. The van der Waals surface area contributed by atoms with Crippen LogP contribution in [-0.4, -0.2) is 35.9 Å². The van der Waals surface area contributed by atoms with Crippen LogP contribution in [0.5, 0.6) is 0 Å². The summed E-state index contributed by atoms with van der Waals surface area (Å²) >= 11 is 0. The van der Waals surface area contributed by atoms with E-state index in [9.17, 15) is 4.79 Å². The number of aromatic nitrogens is 1. The van der Waals surface area contributed by atoms with E-state index < -0.39 is 5.79 Å². The Kier molecular flexibility index (Phi) is 3.61. The summed E-state index contributed by atoms with van der Waals surface area (Å²) in [5, 5.41) is 4.71. The highest BCUT2D eigenvalue weighted by Crippen LogP contribution is 2.22. The molecule has 1 saturated heterocycles. The van der Waals surface area contributed by atoms with Gasteiger partial charge in [0.15, 0.2) is 5.79 Å². The number of hydrogen-bond donors (Lipinski definition) is 1. The molecule has 1 N–H and O–H groups in total. The third-order valence-electron chi connectivity index (χ3n) is 3.45. The fourth-order valence-corrected chi connectivity index (χ4v) is 2.45. The predicted octanol–water partition coefficient (Wildman–Crippen LogP) is 2.12. The van der Waals surface area contributed by atoms with Crippen LogP contribution in [0.1, 0.15) is 24.3 Å². The molecule has 110 valence electrons. The molecule has 5 heteroatoms. The molecule has 1 aromatic heterocycles. The van der Waals surface area contributed by atoms with Crippen LogP contribution in [0.15, 0.2) is 36.5 Å². The molecule has 1 aliphatic rings. The van der Waals surface area contributed by atoms with Crippen LogP contribution in [0.3, 0.4) is 0 Å². The van der Waals surface area contributed by atoms with E-state index in [1.807, 2.05) is 44.2 Å². The molecular formula is C16H18N2O3. The van der Waals surface area contributed by atoms with Crippen LogP contribution < -0.4 is 5.32 Å². The Bertz CT molecular complexity index is 664. The molecule has 0 bridgehead atoms. The van der Waals surface area contributed by atoms with E-state index in [-0.39, 0.29) is 12.0 Å². The van der Waals surface area contributed by atoms with E-state index in [1.165, 1.54) is 0 Å². The van der Waals surface area contributed by atoms with Gasteiger partial charge in [0.05, 0.1) is 6.61 Å². The lowest BCUT2D eigenvalue weighted by Crippen LogP contribution is -2.34. The molecule has 0 unspecified atom stereocenters. The minimum Gasteiger partial charge on any atom is -0.348 e. The number of rotatable bonds is 3. The second-order valence-corrected chi connectivity index (χ2v) is 5.54. The second kappa shape index (κ2) is 5.42. The highest BCUT2D eigenvalue weighted by atomic mass is 16.7. The van der Waals surface area contributed by atoms with Crippen molar-refractivity contribution in [3.8, 4) is 0 Å². The van der Waals surface area contributed by atoms with Crippen molar-refractivity contribution in [3.63, 3.8) is 0 Å². The number of nitrogens with zero attached hydrogens (tertiary/aromatic N) is 1. The van der Waals surface area contributed by atoms with Gasteiger partial charge in [0.2, 0.25) is 0 Å². The fourth-order valence-electron chi connectivity index (χ4n) is 2.45. The third kappa shape index (κ3) is 3.04. The van der Waals surface area contributed by atoms with Crippen LogP contribution in [0, 0.1) is 0 Å². The number of nitrogens with one attached hydrogen (secondary N) is 1. The number of pyridine rings is 1. The normalized spacial score (nSPS) is 20.6. The summed E-state index contributed by atoms with van der Waals surface area (Å²) in [5.41, 5.74) is 0.436. The molecule has 2 aromatic rings. The standard InChI is InChI=1S/C16H18N2O3/c1-16(2)20-10-12(21-16)9-18-15(19)14-13-6-4-3-5-11(13)7-8-17-14/h3-8,12H,9-10H2,1-2H3,(H,18,19)/t12-/m0/s1. The molecule has 5 nitrogen and oxygen atoms in total. The molecule has 1 aromatic carbocycles. The summed E-state index contributed by atoms with van der Waals surface area (Å²) < 4.78 is 11.1. The van der Waals surface area contributed by atoms with E-state index >= 15 is 0 Å². The molecule has 2 heterocycles. The Morgan fingerprint density at radius 2 is 2.19 bits per heavy atom. The van der Waals surface area contributed by atoms with Gasteiger partial charge in [-0.3, -0.25) is 9.78 Å². The average Bonchev–Trinajstić information content (AvgIpc) is 2.83. The first kappa shape index (κ1) is 14.0. The Balaban J connectivity index is 1.70. The lowest BCUT2D eigenvalue weighted by molar-refractivity contribution is -0.137. The number of amides is 1. The Hall–Kier alpha value is -1.98. The van der Waals surface area contributed by atoms with E-state index in [1.54, 1.807) is 6.20 Å². The maximum absolute atomic E-state index is 12.3. The van der Waals surface area contributed by atoms with Gasteiger partial charge in [-0.1, -0.05) is 24.3 Å². The van der Waals surface area contributed by atoms with Crippen molar-refractivity contribution in [1.82, 2.24) is 10.3 Å². The molecular weight excluding hydrogens is 268 g/mol. The van der Waals surface area contributed by atoms with Gasteiger partial charge in [-0.15, -0.1) is 0 Å². The second-order valence-electron chi connectivity index (χ2n) is 5.54. The highest BCUT2D eigenvalue weighted by Gasteiger charge is 2.32. The topological polar surface area (TPSA) is 60.5 Å². The van der Waals surface area contributed by atoms with Crippen molar-refractivity contribution < 1.29 is 14.3 Å². The van der Waals surface area contributed by atoms with Gasteiger partial charge in [-0.25, -0.2) is 0 Å². The van der Waals surface area contributed by atoms with Gasteiger partial charge in [0.1, 0.15) is 11.8 Å². The van der Waals surface area contributed by atoms with E-state index in [0.717, 1.165) is 10.8 Å². The molecule has 1 atom stereocenters. The van der Waals surface area contributed by atoms with Gasteiger partial charge in [-0.2, -0.15) is 0 Å². The largest absolute Gasteiger partial charge is 0.348 e. The van der Waals surface area contributed by atoms with Crippen LogP contribution in [0.2, 0.25) is 0 Å². The summed E-state index contributed by atoms with van der Waals surface area (Å²) in [6.45, 7) is 4.62. The maximum atomic E-state index is 12.3. The smallest absolute Gasteiger partial charge is 0.270 e. The number of ether oxygens (including phenoxy) is 2. The Morgan fingerprint density at radius 1 is 1.38 bits per heavy atom. The van der Waals surface area contributed by atoms with E-state index in [2.05, 4.69) is 10.3 Å². The lowest BCUT2D eigenvalue weighted by Gasteiger charge is -2.17. The molecule has 0 spiro atoms. The van der Waals surface area contributed by atoms with Crippen LogP contribution in [0.4, 0.5) is 0 Å². The maximum Gasteiger partial charge on any atom is 0.270 e. The Morgan fingerprint density at radius 3 is 2.95 bits per heavy atom. The van der Waals surface area contributed by atoms with Crippen molar-refractivity contribution in [2.45, 2.75) is 25.7 Å². The summed E-state index contributed by atoms with van der Waals surface area (Å²) in [6.07, 6.45) is 1.52. The number of carbonyl (C=O) groups is 1. The zero-order chi connectivity index (χ0) is 14.9. The van der Waals surface area contributed by atoms with Gasteiger partial charge >= 0.3 is 0 Å². The van der Waals surface area contributed by atoms with Crippen LogP contribution >= 0.6 is 0 Å². The number of benzene rings is 1. The van der Waals surface area contributed by atoms with Gasteiger partial charge in [-0.05, 0) is 25.3 Å². The Labute approximate surface area is 123 Å². The summed E-state index contributed by atoms with van der Waals surface area (Å²) in [7, 11) is 0. The first-order valence-electron chi connectivity index (χ1n) is 6.99. The van der Waals surface area contributed by atoms with Crippen molar-refractivity contribution in [2.24, 2.45) is 0 Å². The molecule has 21 heavy (non-hydrogen) atoms. The molecule has 0 saturated carbocycles. The monoisotopic (exact) mass is 286 g/mol. The summed E-state index contributed by atoms with van der Waals surface area (Å²) in [4.78, 5) is 16.5. The first-order valence-corrected chi connectivity index (χ1v) is 6.99. The zero-order valence-electron chi connectivity index (χ0n) is 12.1. The van der Waals surface area contributed by atoms with Crippen molar-refractivity contribution >= 4 is 16.7 Å². The summed E-state index contributed by atoms with van der Waals surface area (Å²) in [5.74, 6) is -0.771. The van der Waals surface area contributed by atoms with E-state index in [0.29, 0.717) is 18.8 Å². The summed E-state index contributed by atoms with van der Waals surface area (Å²) in [6, 6.07) is 9.59. The average molecular weight is 286 g/mol. The molecule has 0 aliphatic carbocycles. The number of hydrogen-bond acceptors (Lipinski definition) is 4. The van der Waals surface area contributed by atoms with Crippen LogP contribution in [0.25, 0.3) is 10.8 Å². The molecule has 3 rings (SSSR count). The van der Waals surface area contributed by atoms with E-state index in [4.69, 9.17) is 9.47 Å². The number of fused-ring (bicyclic) bond motifs is 1. The quantitative estimate of drug-likeness (QED) is 0.939. The molecule has 1 fully saturated rings. The van der Waals surface area contributed by atoms with Crippen molar-refractivity contribution in [2.75, 3.05) is 13.2 Å². The molecule has 0 radical (unpaired) electrons. The van der Waals surface area contributed by atoms with Crippen LogP contribution in [-0.2, 0) is 9.47 Å².